The Morgan fingerprint density at radius 2 is 1.95 bits per heavy atom. The minimum Gasteiger partial charge on any atom is -0.465 e. The van der Waals surface area contributed by atoms with E-state index < -0.39 is 28.7 Å². The zero-order valence-electron chi connectivity index (χ0n) is 24.0. The highest BCUT2D eigenvalue weighted by Gasteiger charge is 2.77. The molecule has 1 aromatic carbocycles. The van der Waals surface area contributed by atoms with Crippen LogP contribution in [0.3, 0.4) is 0 Å². The summed E-state index contributed by atoms with van der Waals surface area (Å²) in [7, 11) is 0. The molecule has 4 rings (SSSR count). The van der Waals surface area contributed by atoms with Crippen LogP contribution in [0.25, 0.3) is 0 Å². The van der Waals surface area contributed by atoms with E-state index in [2.05, 4.69) is 20.1 Å². The number of unbranched alkanes of at least 4 members (excludes halogenated alkanes) is 2. The van der Waals surface area contributed by atoms with Gasteiger partial charge in [-0.15, -0.1) is 24.9 Å². The van der Waals surface area contributed by atoms with Crippen molar-refractivity contribution in [2.45, 2.75) is 75.1 Å². The Hall–Kier alpha value is -2.58. The van der Waals surface area contributed by atoms with Crippen LogP contribution in [0.2, 0.25) is 0 Å². The Morgan fingerprint density at radius 3 is 2.58 bits per heavy atom. The first kappa shape index (κ1) is 30.4. The highest BCUT2D eigenvalue weighted by molar-refractivity contribution is 8.02. The lowest BCUT2D eigenvalue weighted by molar-refractivity contribution is -0.155. The summed E-state index contributed by atoms with van der Waals surface area (Å²) >= 11 is 1.64. The number of aliphatic hydroxyl groups is 1. The number of likely N-dealkylation sites (tertiary alicyclic amines) is 1. The second-order valence-corrected chi connectivity index (χ2v) is 13.3. The van der Waals surface area contributed by atoms with Gasteiger partial charge in [-0.2, -0.15) is 0 Å². The Balaban J connectivity index is 1.71. The van der Waals surface area contributed by atoms with Crippen molar-refractivity contribution >= 4 is 29.5 Å². The molecule has 7 atom stereocenters. The second-order valence-electron chi connectivity index (χ2n) is 11.7. The third kappa shape index (κ3) is 5.37. The maximum atomic E-state index is 14.6. The molecule has 2 amide bonds. The minimum atomic E-state index is -0.788. The number of allylic oxidation sites excluding steroid dienone is 1. The van der Waals surface area contributed by atoms with Crippen LogP contribution >= 0.6 is 11.8 Å². The number of fused-ring (bicyclic) bond motifs is 1. The molecular weight excluding hydrogens is 524 g/mol. The number of hydrogen-bond acceptors (Lipinski definition) is 6. The minimum absolute atomic E-state index is 0.0425. The van der Waals surface area contributed by atoms with Crippen molar-refractivity contribution in [2.75, 3.05) is 19.8 Å². The number of benzene rings is 1. The Kier molecular flexibility index (Phi) is 9.83. The Bertz CT molecular complexity index is 1090. The molecular formula is C32H44N2O5S. The number of esters is 1. The summed E-state index contributed by atoms with van der Waals surface area (Å²) < 4.78 is 4.97. The molecule has 0 aromatic heterocycles. The quantitative estimate of drug-likeness (QED) is 0.203. The largest absolute Gasteiger partial charge is 0.465 e. The SMILES string of the molecule is C=CCCCCOC(=O)[C@@H]1[C@H]2C(=O)N([C@@H](CO)C(C)C)C(C(=O)N(CC=C)Cc3ccccc3)C23S[C@@H]1CC3C. The molecule has 1 spiro atoms. The topological polar surface area (TPSA) is 87.1 Å². The standard InChI is InChI=1S/C32H44N2O5S/c1-6-8-9-13-17-39-31(38)26-25-18-22(5)32(40-25)27(26)29(36)34(24(20-35)21(3)4)28(32)30(37)33(16-7-2)19-23-14-11-10-12-15-23/h6-7,10-12,14-15,21-22,24-28,35H,1-2,8-9,13,16-20H2,3-5H3/t22?,24-,25+,26-,27-,28?,32?/m0/s1. The summed E-state index contributed by atoms with van der Waals surface area (Å²) in [6.45, 7) is 14.4. The van der Waals surface area contributed by atoms with E-state index in [-0.39, 0.29) is 41.5 Å². The fraction of sp³-hybridized carbons (Fsp3) is 0.594. The first-order valence-electron chi connectivity index (χ1n) is 14.5. The predicted octanol–water partition coefficient (Wildman–Crippen LogP) is 4.45. The number of ether oxygens (including phenoxy) is 1. The van der Waals surface area contributed by atoms with Crippen molar-refractivity contribution < 1.29 is 24.2 Å². The van der Waals surface area contributed by atoms with Gasteiger partial charge in [0.25, 0.3) is 0 Å². The zero-order chi connectivity index (χ0) is 29.0. The van der Waals surface area contributed by atoms with Crippen LogP contribution in [0.1, 0.15) is 52.0 Å². The number of carbonyl (C=O) groups is 3. The molecule has 1 N–H and O–H groups in total. The molecule has 3 aliphatic heterocycles. The van der Waals surface area contributed by atoms with Crippen LogP contribution in [0.4, 0.5) is 0 Å². The van der Waals surface area contributed by atoms with Crippen LogP contribution in [0.15, 0.2) is 55.6 Å². The summed E-state index contributed by atoms with van der Waals surface area (Å²) in [5.41, 5.74) is 0.986. The Labute approximate surface area is 243 Å². The van der Waals surface area contributed by atoms with Gasteiger partial charge in [0.2, 0.25) is 11.8 Å². The molecule has 0 saturated carbocycles. The van der Waals surface area contributed by atoms with Gasteiger partial charge in [-0.25, -0.2) is 0 Å². The maximum absolute atomic E-state index is 14.6. The van der Waals surface area contributed by atoms with Gasteiger partial charge < -0.3 is 19.6 Å². The maximum Gasteiger partial charge on any atom is 0.310 e. The summed E-state index contributed by atoms with van der Waals surface area (Å²) in [6, 6.07) is 8.45. The number of carbonyl (C=O) groups excluding carboxylic acids is 3. The van der Waals surface area contributed by atoms with Crippen LogP contribution in [-0.4, -0.2) is 74.5 Å². The number of aliphatic hydroxyl groups excluding tert-OH is 1. The normalized spacial score (nSPS) is 29.4. The third-order valence-electron chi connectivity index (χ3n) is 8.93. The van der Waals surface area contributed by atoms with Crippen molar-refractivity contribution in [1.29, 1.82) is 0 Å². The zero-order valence-corrected chi connectivity index (χ0v) is 24.9. The van der Waals surface area contributed by atoms with Crippen molar-refractivity contribution in [2.24, 2.45) is 23.7 Å². The molecule has 40 heavy (non-hydrogen) atoms. The van der Waals surface area contributed by atoms with E-state index in [1.807, 2.05) is 50.3 Å². The molecule has 218 valence electrons. The first-order chi connectivity index (χ1) is 19.2. The van der Waals surface area contributed by atoms with Gasteiger partial charge in [-0.3, -0.25) is 14.4 Å². The lowest BCUT2D eigenvalue weighted by Gasteiger charge is -2.42. The summed E-state index contributed by atoms with van der Waals surface area (Å²) in [5, 5.41) is 10.4. The van der Waals surface area contributed by atoms with Crippen molar-refractivity contribution in [1.82, 2.24) is 9.80 Å². The summed E-state index contributed by atoms with van der Waals surface area (Å²) in [6.07, 6.45) is 6.79. The van der Waals surface area contributed by atoms with Gasteiger partial charge in [0.1, 0.15) is 6.04 Å². The van der Waals surface area contributed by atoms with Crippen LogP contribution in [0, 0.1) is 23.7 Å². The molecule has 0 aliphatic carbocycles. The highest BCUT2D eigenvalue weighted by atomic mass is 32.2. The monoisotopic (exact) mass is 568 g/mol. The molecule has 8 heteroatoms. The number of thioether (sulfide) groups is 1. The van der Waals surface area contributed by atoms with Gasteiger partial charge in [-0.1, -0.05) is 63.3 Å². The van der Waals surface area contributed by atoms with Crippen LogP contribution in [-0.2, 0) is 25.7 Å². The van der Waals surface area contributed by atoms with Crippen LogP contribution < -0.4 is 0 Å². The van der Waals surface area contributed by atoms with E-state index in [4.69, 9.17) is 4.74 Å². The summed E-state index contributed by atoms with van der Waals surface area (Å²) in [4.78, 5) is 45.9. The van der Waals surface area contributed by atoms with E-state index >= 15 is 0 Å². The smallest absolute Gasteiger partial charge is 0.310 e. The molecule has 2 bridgehead atoms. The van der Waals surface area contributed by atoms with E-state index in [9.17, 15) is 19.5 Å². The van der Waals surface area contributed by atoms with Gasteiger partial charge in [0.05, 0.1) is 35.8 Å². The van der Waals surface area contributed by atoms with Gasteiger partial charge in [0.15, 0.2) is 0 Å². The lowest BCUT2D eigenvalue weighted by Crippen LogP contribution is -2.59. The summed E-state index contributed by atoms with van der Waals surface area (Å²) in [5.74, 6) is -1.99. The average molecular weight is 569 g/mol. The predicted molar refractivity (Wildman–Crippen MR) is 158 cm³/mol. The highest BCUT2D eigenvalue weighted by Crippen LogP contribution is 2.69. The third-order valence-corrected chi connectivity index (χ3v) is 11.0. The molecule has 7 nitrogen and oxygen atoms in total. The fourth-order valence-electron chi connectivity index (χ4n) is 7.01. The van der Waals surface area contributed by atoms with Crippen LogP contribution in [0.5, 0.6) is 0 Å². The molecule has 3 aliphatic rings. The molecule has 1 aromatic rings. The molecule has 3 fully saturated rings. The number of rotatable bonds is 14. The van der Waals surface area contributed by atoms with E-state index in [1.54, 1.807) is 27.6 Å². The first-order valence-corrected chi connectivity index (χ1v) is 15.4. The van der Waals surface area contributed by atoms with Gasteiger partial charge in [-0.05, 0) is 43.1 Å². The average Bonchev–Trinajstić information content (AvgIpc) is 3.52. The van der Waals surface area contributed by atoms with Crippen molar-refractivity contribution in [3.8, 4) is 0 Å². The number of amides is 2. The fourth-order valence-corrected chi connectivity index (χ4v) is 9.40. The number of nitrogens with zero attached hydrogens (tertiary/aromatic N) is 2. The van der Waals surface area contributed by atoms with Crippen molar-refractivity contribution in [3.05, 3.63) is 61.2 Å². The lowest BCUT2D eigenvalue weighted by atomic mass is 9.66. The van der Waals surface area contributed by atoms with Gasteiger partial charge in [0, 0.05) is 18.3 Å². The molecule has 3 unspecified atom stereocenters. The Morgan fingerprint density at radius 1 is 1.23 bits per heavy atom. The second kappa shape index (κ2) is 12.9. The van der Waals surface area contributed by atoms with Gasteiger partial charge >= 0.3 is 5.97 Å². The van der Waals surface area contributed by atoms with E-state index in [0.29, 0.717) is 19.7 Å². The molecule has 0 radical (unpaired) electrons. The number of hydrogen-bond donors (Lipinski definition) is 1. The van der Waals surface area contributed by atoms with Crippen molar-refractivity contribution in [3.63, 3.8) is 0 Å². The molecule has 3 heterocycles. The van der Waals surface area contributed by atoms with E-state index in [1.165, 1.54) is 0 Å². The molecule has 3 saturated heterocycles. The van der Waals surface area contributed by atoms with E-state index in [0.717, 1.165) is 31.2 Å².